The normalized spacial score (nSPS) is 14.2. The minimum Gasteiger partial charge on any atom is -0.756 e. The minimum atomic E-state index is -4.71. The molecule has 3 unspecified atom stereocenters. The van der Waals surface area contributed by atoms with Crippen LogP contribution in [0.15, 0.2) is 97.2 Å². The van der Waals surface area contributed by atoms with Crippen LogP contribution in [-0.4, -0.2) is 69.4 Å². The first-order valence-corrected chi connectivity index (χ1v) is 35.0. The van der Waals surface area contributed by atoms with Crippen molar-refractivity contribution in [3.8, 4) is 0 Å². The van der Waals surface area contributed by atoms with Crippen molar-refractivity contribution in [1.29, 1.82) is 0 Å². The Bertz CT molecular complexity index is 1710. The van der Waals surface area contributed by atoms with E-state index in [9.17, 15) is 19.0 Å². The van der Waals surface area contributed by atoms with Crippen molar-refractivity contribution >= 4 is 19.7 Å². The first kappa shape index (κ1) is 77.9. The molecule has 0 saturated heterocycles. The molecule has 9 nitrogen and oxygen atoms in total. The van der Waals surface area contributed by atoms with Gasteiger partial charge in [0.25, 0.3) is 7.82 Å². The fraction of sp³-hybridized carbons (Fsp3) is 0.746. The number of likely N-dealkylation sites (N-methyl/N-ethyl adjacent to an activating group) is 1. The topological polar surface area (TPSA) is 114 Å². The van der Waals surface area contributed by atoms with Crippen LogP contribution in [0.5, 0.6) is 0 Å². The van der Waals surface area contributed by atoms with Crippen molar-refractivity contribution in [1.82, 2.24) is 5.32 Å². The summed E-state index contributed by atoms with van der Waals surface area (Å²) in [6.07, 6.45) is 80.9. The van der Waals surface area contributed by atoms with Gasteiger partial charge in [-0.3, -0.25) is 14.2 Å². The van der Waals surface area contributed by atoms with Gasteiger partial charge in [-0.25, -0.2) is 0 Å². The van der Waals surface area contributed by atoms with Crippen LogP contribution in [-0.2, 0) is 27.9 Å². The van der Waals surface area contributed by atoms with Gasteiger partial charge >= 0.3 is 5.97 Å². The number of carbonyl (C=O) groups excluding carboxylic acids is 2. The van der Waals surface area contributed by atoms with Gasteiger partial charge in [0.15, 0.2) is 0 Å². The van der Waals surface area contributed by atoms with Crippen molar-refractivity contribution in [2.24, 2.45) is 0 Å². The highest BCUT2D eigenvalue weighted by atomic mass is 31.2. The molecule has 0 bridgehead atoms. The number of nitrogens with one attached hydrogen (secondary N) is 1. The second-order valence-electron chi connectivity index (χ2n) is 23.6. The van der Waals surface area contributed by atoms with Gasteiger partial charge in [-0.15, -0.1) is 0 Å². The number of carbonyl (C=O) groups is 2. The van der Waals surface area contributed by atoms with Crippen molar-refractivity contribution in [2.45, 2.75) is 303 Å². The zero-order chi connectivity index (χ0) is 59.3. The van der Waals surface area contributed by atoms with Gasteiger partial charge in [-0.1, -0.05) is 266 Å². The number of hydrogen-bond acceptors (Lipinski definition) is 7. The van der Waals surface area contributed by atoms with E-state index in [4.69, 9.17) is 13.8 Å². The summed E-state index contributed by atoms with van der Waals surface area (Å²) in [6, 6.07) is -0.901. The number of hydrogen-bond donors (Lipinski definition) is 1. The minimum absolute atomic E-state index is 0.0289. The fourth-order valence-corrected chi connectivity index (χ4v) is 10.1. The van der Waals surface area contributed by atoms with E-state index in [1.165, 1.54) is 148 Å². The number of amides is 1. The van der Waals surface area contributed by atoms with Crippen LogP contribution < -0.4 is 10.2 Å². The van der Waals surface area contributed by atoms with Gasteiger partial charge in [-0.05, 0) is 109 Å². The molecule has 0 heterocycles. The van der Waals surface area contributed by atoms with Crippen LogP contribution in [0.25, 0.3) is 0 Å². The second-order valence-corrected chi connectivity index (χ2v) is 25.0. The smallest absolute Gasteiger partial charge is 0.306 e. The molecule has 0 radical (unpaired) electrons. The van der Waals surface area contributed by atoms with Gasteiger partial charge in [0.1, 0.15) is 19.3 Å². The van der Waals surface area contributed by atoms with E-state index < -0.39 is 26.6 Å². The number of quaternary nitrogens is 1. The number of nitrogens with zero attached hydrogens (tertiary/aromatic N) is 1. The Morgan fingerprint density at radius 3 is 1.21 bits per heavy atom. The number of unbranched alkanes of at least 4 members (excludes halogenated alkanes) is 30. The molecule has 0 saturated carbocycles. The van der Waals surface area contributed by atoms with Crippen molar-refractivity contribution in [3.05, 3.63) is 97.2 Å². The summed E-state index contributed by atoms with van der Waals surface area (Å²) in [5, 5.41) is 3.03. The van der Waals surface area contributed by atoms with Crippen molar-refractivity contribution in [2.75, 3.05) is 40.9 Å². The lowest BCUT2D eigenvalue weighted by molar-refractivity contribution is -0.870. The molecular formula is C71H127N2O7P. The highest BCUT2D eigenvalue weighted by molar-refractivity contribution is 7.45. The Morgan fingerprint density at radius 1 is 0.444 bits per heavy atom. The lowest BCUT2D eigenvalue weighted by atomic mass is 10.0. The molecule has 0 aromatic heterocycles. The SMILES string of the molecule is CC/C=C\C/C=C\C/C=C\C/C=C\C/C=C\CCCCCCCCCC(=O)NC(COP(=O)([O-])OCC[N+](C)(C)C)C(/C=C/CCCCCCCCCCC)OC(=O)CCCCCCCCCCCCC/C=C\C/C=C\CCCCC. The number of allylic oxidation sites excluding steroid dienone is 15. The molecule has 1 N–H and O–H groups in total. The molecule has 0 rings (SSSR count). The first-order chi connectivity index (χ1) is 39.4. The molecular weight excluding hydrogens is 1020 g/mol. The summed E-state index contributed by atoms with van der Waals surface area (Å²) in [4.78, 5) is 40.1. The lowest BCUT2D eigenvalue weighted by Gasteiger charge is -2.30. The fourth-order valence-electron chi connectivity index (χ4n) is 9.34. The Balaban J connectivity index is 5.14. The summed E-state index contributed by atoms with van der Waals surface area (Å²) in [5.41, 5.74) is 0. The molecule has 81 heavy (non-hydrogen) atoms. The van der Waals surface area contributed by atoms with Gasteiger partial charge < -0.3 is 28.5 Å². The third-order valence-corrected chi connectivity index (χ3v) is 15.5. The lowest BCUT2D eigenvalue weighted by Crippen LogP contribution is -2.47. The standard InChI is InChI=1S/C71H127N2O7P/c1-7-10-13-16-19-22-25-27-29-31-33-35-36-38-39-41-43-45-48-51-54-57-60-63-70(74)72-68(67-79-81(76,77)78-66-65-73(4,5)6)69(62-59-56-53-50-47-24-21-18-15-12-9-3)80-71(75)64-61-58-55-52-49-46-44-42-40-37-34-32-30-28-26-23-20-17-14-11-8-2/h10,13,19-20,22-23,27-30,33,35,38-39,59,62,68-69H,7-9,11-12,14-18,21,24-26,31-32,34,36-37,40-58,60-61,63-67H2,1-6H3,(H-,72,74,76,77)/b13-10-,22-19-,23-20-,29-27-,30-28-,35-33-,39-38-,62-59+. The molecule has 10 heteroatoms. The van der Waals surface area contributed by atoms with E-state index in [2.05, 4.69) is 111 Å². The maximum absolute atomic E-state index is 13.6. The number of rotatable bonds is 60. The maximum atomic E-state index is 13.6. The van der Waals surface area contributed by atoms with Gasteiger partial charge in [-0.2, -0.15) is 0 Å². The third kappa shape index (κ3) is 61.3. The van der Waals surface area contributed by atoms with Gasteiger partial charge in [0.05, 0.1) is 33.8 Å². The van der Waals surface area contributed by atoms with Crippen LogP contribution in [0.1, 0.15) is 290 Å². The Labute approximate surface area is 500 Å². The van der Waals surface area contributed by atoms with Crippen LogP contribution in [0.4, 0.5) is 0 Å². The van der Waals surface area contributed by atoms with E-state index in [-0.39, 0.29) is 24.9 Å². The maximum Gasteiger partial charge on any atom is 0.306 e. The van der Waals surface area contributed by atoms with Gasteiger partial charge in [0.2, 0.25) is 5.91 Å². The van der Waals surface area contributed by atoms with Crippen molar-refractivity contribution in [3.63, 3.8) is 0 Å². The second kappa shape index (κ2) is 60.1. The molecule has 0 fully saturated rings. The molecule has 3 atom stereocenters. The summed E-state index contributed by atoms with van der Waals surface area (Å²) in [6.45, 7) is 6.70. The quantitative estimate of drug-likeness (QED) is 0.0212. The number of ether oxygens (including phenoxy) is 1. The van der Waals surface area contributed by atoms with Crippen molar-refractivity contribution < 1.29 is 37.3 Å². The molecule has 0 aromatic carbocycles. The van der Waals surface area contributed by atoms with E-state index in [0.29, 0.717) is 17.4 Å². The van der Waals surface area contributed by atoms with Crippen LogP contribution in [0, 0.1) is 0 Å². The zero-order valence-electron chi connectivity index (χ0n) is 53.5. The summed E-state index contributed by atoms with van der Waals surface area (Å²) in [7, 11) is 1.17. The Kier molecular flexibility index (Phi) is 57.8. The van der Waals surface area contributed by atoms with E-state index in [1.807, 2.05) is 33.3 Å². The van der Waals surface area contributed by atoms with Crippen LogP contribution >= 0.6 is 7.82 Å². The molecule has 468 valence electrons. The van der Waals surface area contributed by atoms with Gasteiger partial charge in [0, 0.05) is 12.8 Å². The third-order valence-electron chi connectivity index (χ3n) is 14.5. The first-order valence-electron chi connectivity index (χ1n) is 33.5. The van der Waals surface area contributed by atoms with Crippen LogP contribution in [0.2, 0.25) is 0 Å². The Hall–Kier alpha value is -3.07. The highest BCUT2D eigenvalue weighted by Gasteiger charge is 2.27. The molecule has 1 amide bonds. The summed E-state index contributed by atoms with van der Waals surface area (Å²) >= 11 is 0. The summed E-state index contributed by atoms with van der Waals surface area (Å²) in [5.74, 6) is -0.556. The number of esters is 1. The molecule has 0 spiro atoms. The molecule has 0 aliphatic heterocycles. The molecule has 0 aliphatic carbocycles. The molecule has 0 aliphatic rings. The highest BCUT2D eigenvalue weighted by Crippen LogP contribution is 2.38. The number of phosphoric ester groups is 1. The predicted molar refractivity (Wildman–Crippen MR) is 348 cm³/mol. The van der Waals surface area contributed by atoms with E-state index >= 15 is 0 Å². The van der Waals surface area contributed by atoms with E-state index in [0.717, 1.165) is 109 Å². The predicted octanol–water partition coefficient (Wildman–Crippen LogP) is 20.5. The number of phosphoric acid groups is 1. The largest absolute Gasteiger partial charge is 0.756 e. The monoisotopic (exact) mass is 1150 g/mol. The van der Waals surface area contributed by atoms with Crippen LogP contribution in [0.3, 0.4) is 0 Å². The molecule has 0 aromatic rings. The zero-order valence-corrected chi connectivity index (χ0v) is 54.4. The summed E-state index contributed by atoms with van der Waals surface area (Å²) < 4.78 is 30.4. The van der Waals surface area contributed by atoms with E-state index in [1.54, 1.807) is 0 Å². The average Bonchev–Trinajstić information content (AvgIpc) is 3.43. The Morgan fingerprint density at radius 2 is 0.790 bits per heavy atom. The average molecular weight is 1150 g/mol.